The lowest BCUT2D eigenvalue weighted by Gasteiger charge is -2.38. The van der Waals surface area contributed by atoms with Gasteiger partial charge in [-0.05, 0) is 93.9 Å². The Kier molecular flexibility index (Phi) is 16.6. The minimum absolute atomic E-state index is 0.0133. The lowest BCUT2D eigenvalue weighted by atomic mass is 9.78. The number of nitrogens with zero attached hydrogens (tertiary/aromatic N) is 4. The standard InChI is InChI=1S/C61H74FN5O15/c1-28-12-11-13-29(2)58(75)64-47-41(25-63-66-21-17-36(18-22-66)38-16-20-65(26-38)49-31(4)48-39(37-14-15-37)24-40(60(77)78)59(76)67(48)27-42(49)62)53(72)44-45(54(47)73)52(71)34(7)56-46(44)57(74)61(9,82-56)80-23-19-43(79-10)30(3)55(81-35(8)68)33(6)51(70)32(5)50(28)69/h11-13,19,23-25,27-28,30,32-33,36-38,43,50-51,55,69-73H,14-18,20-22,26H2,1-10H3,(H,64,75)(H,77,78)/b12-11+,23-19+,29-13-,63-25+/t28-,30+,32+,33+,38?,43-,50-,51+,55+,61-/m0/s1. The minimum atomic E-state index is -2.11. The smallest absolute Gasteiger partial charge is 0.341 e. The van der Waals surface area contributed by atoms with Crippen LogP contribution >= 0.6 is 0 Å². The number of carboxylic acid groups (broad SMARTS) is 1. The van der Waals surface area contributed by atoms with E-state index in [0.717, 1.165) is 35.4 Å². The zero-order valence-corrected chi connectivity index (χ0v) is 47.9. The zero-order valence-electron chi connectivity index (χ0n) is 47.9. The van der Waals surface area contributed by atoms with E-state index < -0.39 is 106 Å². The Morgan fingerprint density at radius 1 is 0.878 bits per heavy atom. The number of benzene rings is 2. The number of carboxylic acids is 1. The molecular formula is C61H74FN5O15. The van der Waals surface area contributed by atoms with Gasteiger partial charge in [0.1, 0.15) is 28.9 Å². The summed E-state index contributed by atoms with van der Waals surface area (Å²) in [5.74, 6) is -10.4. The van der Waals surface area contributed by atoms with Crippen LogP contribution in [-0.4, -0.2) is 133 Å². The van der Waals surface area contributed by atoms with Crippen molar-refractivity contribution in [1.29, 1.82) is 0 Å². The molecule has 10 atom stereocenters. The van der Waals surface area contributed by atoms with E-state index in [-0.39, 0.29) is 67.8 Å². The number of fused-ring (bicyclic) bond motifs is 15. The second-order valence-corrected chi connectivity index (χ2v) is 23.2. The number of Topliss-reactive ketones (excluding diaryl/α,β-unsaturated/α-hetero) is 1. The molecule has 3 fully saturated rings. The number of ketones is 1. The van der Waals surface area contributed by atoms with Crippen LogP contribution in [0.25, 0.3) is 16.3 Å². The summed E-state index contributed by atoms with van der Waals surface area (Å²) < 4.78 is 41.2. The summed E-state index contributed by atoms with van der Waals surface area (Å²) in [4.78, 5) is 68.6. The number of aliphatic hydroxyl groups is 2. The van der Waals surface area contributed by atoms with E-state index in [0.29, 0.717) is 55.8 Å². The molecule has 5 aliphatic heterocycles. The highest BCUT2D eigenvalue weighted by Crippen LogP contribution is 2.55. The van der Waals surface area contributed by atoms with Gasteiger partial charge in [-0.1, -0.05) is 45.9 Å². The van der Waals surface area contributed by atoms with Crippen molar-refractivity contribution in [3.05, 3.63) is 98.0 Å². The monoisotopic (exact) mass is 1140 g/mol. The van der Waals surface area contributed by atoms with Gasteiger partial charge in [0.2, 0.25) is 0 Å². The van der Waals surface area contributed by atoms with Gasteiger partial charge in [-0.2, -0.15) is 5.10 Å². The highest BCUT2D eigenvalue weighted by atomic mass is 19.1. The first-order valence-corrected chi connectivity index (χ1v) is 28.0. The number of methoxy groups -OCH3 is 1. The Labute approximate surface area is 474 Å². The molecule has 440 valence electrons. The van der Waals surface area contributed by atoms with Crippen LogP contribution in [0.15, 0.2) is 58.3 Å². The Morgan fingerprint density at radius 2 is 1.56 bits per heavy atom. The number of rotatable bonds is 8. The Bertz CT molecular complexity index is 3430. The summed E-state index contributed by atoms with van der Waals surface area (Å²) in [6.45, 7) is 16.2. The number of nitrogens with one attached hydrogen (secondary N) is 1. The first-order chi connectivity index (χ1) is 38.8. The van der Waals surface area contributed by atoms with E-state index >= 15 is 4.39 Å². The summed E-state index contributed by atoms with van der Waals surface area (Å²) in [6, 6.07) is 1.45. The second-order valence-electron chi connectivity index (χ2n) is 23.2. The number of anilines is 2. The Balaban J connectivity index is 1.03. The molecule has 2 aromatic heterocycles. The summed E-state index contributed by atoms with van der Waals surface area (Å²) >= 11 is 0. The highest BCUT2D eigenvalue weighted by Gasteiger charge is 2.50. The number of aliphatic hydroxyl groups excluding tert-OH is 2. The van der Waals surface area contributed by atoms with Crippen molar-refractivity contribution in [2.75, 3.05) is 43.5 Å². The molecule has 2 aromatic carbocycles. The number of pyridine rings is 2. The van der Waals surface area contributed by atoms with Gasteiger partial charge in [-0.25, -0.2) is 9.18 Å². The van der Waals surface area contributed by atoms with Crippen molar-refractivity contribution in [3.63, 3.8) is 0 Å². The topological polar surface area (TPSA) is 279 Å². The molecule has 1 saturated carbocycles. The minimum Gasteiger partial charge on any atom is -0.507 e. The van der Waals surface area contributed by atoms with Crippen LogP contribution in [0.2, 0.25) is 0 Å². The number of aromatic nitrogens is 1. The number of carbonyl (C=O) groups is 4. The number of hydrogen-bond donors (Lipinski definition) is 7. The van der Waals surface area contributed by atoms with Crippen molar-refractivity contribution >= 4 is 57.5 Å². The molecule has 5 bridgehead atoms. The molecule has 6 aliphatic rings. The Morgan fingerprint density at radius 3 is 2.21 bits per heavy atom. The number of phenols is 3. The third kappa shape index (κ3) is 10.8. The molecule has 7 heterocycles. The normalized spacial score (nSPS) is 29.2. The number of phenolic OH excluding ortho intramolecular Hbond substituents is 3. The average molecular weight is 1140 g/mol. The zero-order chi connectivity index (χ0) is 59.5. The second kappa shape index (κ2) is 23.0. The van der Waals surface area contributed by atoms with E-state index in [1.807, 2.05) is 4.90 Å². The summed E-state index contributed by atoms with van der Waals surface area (Å²) in [5, 5.41) is 78.0. The van der Waals surface area contributed by atoms with Gasteiger partial charge in [0, 0.05) is 87.3 Å². The first kappa shape index (κ1) is 59.1. The third-order valence-electron chi connectivity index (χ3n) is 17.8. The number of allylic oxidation sites excluding steroid dienone is 2. The number of aromatic hydroxyl groups is 3. The van der Waals surface area contributed by atoms with Gasteiger partial charge in [0.25, 0.3) is 17.2 Å². The quantitative estimate of drug-likeness (QED) is 0.0381. The number of carbonyl (C=O) groups excluding carboxylic acids is 3. The van der Waals surface area contributed by atoms with Crippen molar-refractivity contribution in [2.24, 2.45) is 40.6 Å². The van der Waals surface area contributed by atoms with Gasteiger partial charge >= 0.3 is 17.7 Å². The number of amides is 1. The number of esters is 1. The fourth-order valence-electron chi connectivity index (χ4n) is 12.7. The number of piperidine rings is 1. The average Bonchev–Trinajstić information content (AvgIpc) is 2.57. The van der Waals surface area contributed by atoms with Crippen molar-refractivity contribution in [1.82, 2.24) is 9.41 Å². The number of aromatic carboxylic acids is 1. The lowest BCUT2D eigenvalue weighted by molar-refractivity contribution is -0.160. The molecule has 7 N–H and O–H groups in total. The van der Waals surface area contributed by atoms with Gasteiger partial charge in [0.15, 0.2) is 11.6 Å². The van der Waals surface area contributed by atoms with Crippen LogP contribution in [-0.2, 0) is 23.8 Å². The van der Waals surface area contributed by atoms with Crippen LogP contribution in [0.5, 0.6) is 23.0 Å². The number of halogens is 1. The van der Waals surface area contributed by atoms with Gasteiger partial charge in [-0.15, -0.1) is 0 Å². The number of hydrazone groups is 1. The van der Waals surface area contributed by atoms with E-state index in [1.165, 1.54) is 65.5 Å². The summed E-state index contributed by atoms with van der Waals surface area (Å²) in [7, 11) is 1.42. The van der Waals surface area contributed by atoms with Crippen LogP contribution in [0.1, 0.15) is 129 Å². The lowest BCUT2D eigenvalue weighted by Crippen LogP contribution is -2.46. The molecule has 20 nitrogen and oxygen atoms in total. The Hall–Kier alpha value is -7.49. The largest absolute Gasteiger partial charge is 0.507 e. The molecule has 2 saturated heterocycles. The molecule has 1 unspecified atom stereocenters. The number of aryl methyl sites for hydroxylation is 1. The van der Waals surface area contributed by atoms with Crippen molar-refractivity contribution in [3.8, 4) is 23.0 Å². The maximum absolute atomic E-state index is 16.2. The summed E-state index contributed by atoms with van der Waals surface area (Å²) in [6.07, 6.45) is 9.56. The number of ether oxygens (including phenoxy) is 4. The molecule has 1 amide bonds. The molecule has 0 spiro atoms. The molecular weight excluding hydrogens is 1060 g/mol. The SMILES string of the molecule is CO[C@H]1/C=C/O[C@@]2(C)Oc3c(C)c(O)c4c(O)c(c(/C=N/N5CCC(C6CCN(c7c(F)cn8c(=O)c(C(=O)O)cc(C9CC9)c8c7C)C6)CC5)c(O)c4c3C2=O)NC(=O)/C(C)=C\C=C\[C@H](C)[C@H](O)[C@@H](C)[C@@H](O)[C@@H](C)[C@H](OC(C)=O)[C@@H]1C. The molecule has 10 rings (SSSR count). The fraction of sp³-hybridized carbons (Fsp3) is 0.508. The van der Waals surface area contributed by atoms with Crippen LogP contribution in [0.3, 0.4) is 0 Å². The van der Waals surface area contributed by atoms with Gasteiger partial charge in [-0.3, -0.25) is 28.6 Å². The maximum atomic E-state index is 16.2. The first-order valence-electron chi connectivity index (χ1n) is 28.0. The maximum Gasteiger partial charge on any atom is 0.341 e. The van der Waals surface area contributed by atoms with Crippen LogP contribution < -0.4 is 20.5 Å². The van der Waals surface area contributed by atoms with Crippen molar-refractivity contribution in [2.45, 2.75) is 131 Å². The van der Waals surface area contributed by atoms with Gasteiger partial charge < -0.3 is 59.8 Å². The third-order valence-corrected chi connectivity index (χ3v) is 17.8. The molecule has 1 aliphatic carbocycles. The van der Waals surface area contributed by atoms with Crippen LogP contribution in [0, 0.1) is 55.2 Å². The van der Waals surface area contributed by atoms with Crippen molar-refractivity contribution < 1.29 is 73.2 Å². The predicted octanol–water partition coefficient (Wildman–Crippen LogP) is 7.96. The molecule has 4 aromatic rings. The fourth-order valence-corrected chi connectivity index (χ4v) is 12.7. The van der Waals surface area contributed by atoms with Gasteiger partial charge in [0.05, 0.1) is 70.4 Å². The van der Waals surface area contributed by atoms with E-state index in [2.05, 4.69) is 5.32 Å². The van der Waals surface area contributed by atoms with E-state index in [9.17, 15) is 54.6 Å². The highest BCUT2D eigenvalue weighted by molar-refractivity contribution is 6.24. The molecule has 0 radical (unpaired) electrons. The predicted molar refractivity (Wildman–Crippen MR) is 303 cm³/mol. The van der Waals surface area contributed by atoms with Crippen LogP contribution in [0.4, 0.5) is 15.8 Å². The molecule has 21 heteroatoms. The number of hydrogen-bond acceptors (Lipinski definition) is 17. The molecule has 82 heavy (non-hydrogen) atoms. The summed E-state index contributed by atoms with van der Waals surface area (Å²) in [5.41, 5.74) is 0.495. The van der Waals surface area contributed by atoms with E-state index in [1.54, 1.807) is 51.8 Å². The van der Waals surface area contributed by atoms with E-state index in [4.69, 9.17) is 24.0 Å².